The number of aliphatic imine (C=N–C) groups is 1. The number of nitrogens with one attached hydrogen (secondary N) is 1. The number of nitrogens with two attached hydrogens (primary N) is 1. The molecule has 4 aliphatic rings. The van der Waals surface area contributed by atoms with Crippen molar-refractivity contribution in [3.63, 3.8) is 0 Å². The fourth-order valence-electron chi connectivity index (χ4n) is 5.81. The number of amidine groups is 1. The molecule has 1 aromatic rings. The first kappa shape index (κ1) is 15.3. The molecule has 5 rings (SSSR count). The van der Waals surface area contributed by atoms with Crippen LogP contribution in [0.15, 0.2) is 23.2 Å². The molecule has 0 atom stereocenters. The number of anilines is 1. The fourth-order valence-corrected chi connectivity index (χ4v) is 5.87. The molecule has 0 radical (unpaired) electrons. The van der Waals surface area contributed by atoms with Gasteiger partial charge in [0.05, 0.1) is 17.3 Å². The van der Waals surface area contributed by atoms with Gasteiger partial charge in [0.2, 0.25) is 0 Å². The third-order valence-corrected chi connectivity index (χ3v) is 6.59. The number of hydrogen-bond acceptors (Lipinski definition) is 2. The Labute approximate surface area is 143 Å². The molecule has 0 amide bonds. The minimum absolute atomic E-state index is 0.269. The minimum atomic E-state index is 0.269. The summed E-state index contributed by atoms with van der Waals surface area (Å²) in [7, 11) is 1.93. The van der Waals surface area contributed by atoms with E-state index in [1.54, 1.807) is 0 Å². The van der Waals surface area contributed by atoms with Crippen LogP contribution < -0.4 is 11.1 Å². The van der Waals surface area contributed by atoms with Crippen molar-refractivity contribution in [2.45, 2.75) is 43.9 Å². The molecule has 4 bridgehead atoms. The van der Waals surface area contributed by atoms with E-state index in [1.807, 2.05) is 7.05 Å². The summed E-state index contributed by atoms with van der Waals surface area (Å²) >= 11 is 5.82. The van der Waals surface area contributed by atoms with Crippen LogP contribution in [0, 0.1) is 17.8 Å². The molecular weight excluding hydrogens is 306 g/mol. The molecular formula is C19H26ClN3. The van der Waals surface area contributed by atoms with Crippen molar-refractivity contribution in [3.8, 4) is 0 Å². The van der Waals surface area contributed by atoms with Gasteiger partial charge in [0.25, 0.3) is 0 Å². The lowest BCUT2D eigenvalue weighted by atomic mass is 9.48. The van der Waals surface area contributed by atoms with E-state index in [9.17, 15) is 0 Å². The zero-order chi connectivity index (χ0) is 16.0. The Morgan fingerprint density at radius 2 is 1.83 bits per heavy atom. The maximum Gasteiger partial charge on any atom is 0.115 e. The highest BCUT2D eigenvalue weighted by Gasteiger charge is 2.51. The van der Waals surface area contributed by atoms with E-state index in [-0.39, 0.29) is 5.88 Å². The first-order valence-corrected chi connectivity index (χ1v) is 9.36. The predicted octanol–water partition coefficient (Wildman–Crippen LogP) is 4.42. The highest BCUT2D eigenvalue weighted by atomic mass is 35.5. The van der Waals surface area contributed by atoms with Gasteiger partial charge in [-0.3, -0.25) is 0 Å². The van der Waals surface area contributed by atoms with Crippen LogP contribution in [0.5, 0.6) is 0 Å². The summed E-state index contributed by atoms with van der Waals surface area (Å²) in [5.74, 6) is 3.59. The van der Waals surface area contributed by atoms with E-state index in [0.29, 0.717) is 11.3 Å². The van der Waals surface area contributed by atoms with Gasteiger partial charge in [0.15, 0.2) is 0 Å². The maximum absolute atomic E-state index is 5.88. The summed E-state index contributed by atoms with van der Waals surface area (Å²) in [4.78, 5) is 4.54. The summed E-state index contributed by atoms with van der Waals surface area (Å²) in [6.45, 7) is 0. The first-order chi connectivity index (χ1) is 11.1. The van der Waals surface area contributed by atoms with Gasteiger partial charge in [-0.2, -0.15) is 0 Å². The lowest BCUT2D eigenvalue weighted by molar-refractivity contribution is -0.00516. The molecule has 0 heterocycles. The molecule has 0 aromatic heterocycles. The van der Waals surface area contributed by atoms with Crippen LogP contribution in [-0.4, -0.2) is 18.8 Å². The second-order valence-electron chi connectivity index (χ2n) is 7.92. The number of hydrogen-bond donors (Lipinski definition) is 2. The molecule has 1 aromatic carbocycles. The monoisotopic (exact) mass is 331 g/mol. The van der Waals surface area contributed by atoms with Crippen molar-refractivity contribution < 1.29 is 0 Å². The van der Waals surface area contributed by atoms with Gasteiger partial charge < -0.3 is 11.1 Å². The number of alkyl halides is 1. The van der Waals surface area contributed by atoms with Crippen LogP contribution in [0.1, 0.15) is 44.1 Å². The van der Waals surface area contributed by atoms with E-state index in [4.69, 9.17) is 17.3 Å². The molecule has 124 valence electrons. The van der Waals surface area contributed by atoms with Crippen molar-refractivity contribution in [1.82, 2.24) is 0 Å². The van der Waals surface area contributed by atoms with Crippen molar-refractivity contribution in [3.05, 3.63) is 23.8 Å². The molecule has 4 aliphatic carbocycles. The van der Waals surface area contributed by atoms with Crippen LogP contribution in [-0.2, 0) is 5.41 Å². The van der Waals surface area contributed by atoms with Crippen molar-refractivity contribution >= 4 is 28.8 Å². The van der Waals surface area contributed by atoms with Crippen LogP contribution in [0.4, 0.5) is 11.4 Å². The Morgan fingerprint density at radius 1 is 1.22 bits per heavy atom. The Bertz CT molecular complexity index is 602. The zero-order valence-electron chi connectivity index (χ0n) is 13.8. The van der Waals surface area contributed by atoms with E-state index < -0.39 is 0 Å². The Balaban J connectivity index is 1.73. The highest BCUT2D eigenvalue weighted by molar-refractivity contribution is 6.28. The third kappa shape index (κ3) is 2.63. The molecule has 0 unspecified atom stereocenters. The normalized spacial score (nSPS) is 35.6. The number of benzene rings is 1. The largest absolute Gasteiger partial charge is 0.386 e. The summed E-state index contributed by atoms with van der Waals surface area (Å²) in [6.07, 6.45) is 8.51. The second kappa shape index (κ2) is 5.70. The van der Waals surface area contributed by atoms with E-state index >= 15 is 0 Å². The molecule has 0 saturated heterocycles. The van der Waals surface area contributed by atoms with Gasteiger partial charge in [-0.1, -0.05) is 6.07 Å². The summed E-state index contributed by atoms with van der Waals surface area (Å²) < 4.78 is 0. The summed E-state index contributed by atoms with van der Waals surface area (Å²) in [5, 5.41) is 3.22. The number of halogens is 1. The number of rotatable bonds is 4. The quantitative estimate of drug-likeness (QED) is 0.487. The van der Waals surface area contributed by atoms with Crippen molar-refractivity contribution in [2.24, 2.45) is 28.5 Å². The van der Waals surface area contributed by atoms with Gasteiger partial charge in [0, 0.05) is 7.05 Å². The molecule has 0 aliphatic heterocycles. The standard InChI is InChI=1S/C19H26ClN3/c1-22-16-3-2-15(7-17(16)23-18(21)11-20)19-8-12-4-13(9-19)6-14(5-12)10-19/h2-3,7,12-14,22H,4-6,8-11H2,1H3,(H2,21,23). The van der Waals surface area contributed by atoms with Gasteiger partial charge in [-0.15, -0.1) is 11.6 Å². The average Bonchev–Trinajstić information content (AvgIpc) is 2.53. The van der Waals surface area contributed by atoms with Crippen LogP contribution >= 0.6 is 11.6 Å². The SMILES string of the molecule is CNc1ccc(C23CC4CC(CC(C4)C2)C3)cc1N=C(N)CCl. The highest BCUT2D eigenvalue weighted by Crippen LogP contribution is 2.61. The van der Waals surface area contributed by atoms with Gasteiger partial charge in [0.1, 0.15) is 5.84 Å². The van der Waals surface area contributed by atoms with E-state index in [1.165, 1.54) is 44.1 Å². The van der Waals surface area contributed by atoms with Crippen molar-refractivity contribution in [2.75, 3.05) is 18.2 Å². The van der Waals surface area contributed by atoms with Crippen molar-refractivity contribution in [1.29, 1.82) is 0 Å². The Morgan fingerprint density at radius 3 is 2.35 bits per heavy atom. The maximum atomic E-state index is 5.88. The summed E-state index contributed by atoms with van der Waals surface area (Å²) in [6, 6.07) is 6.74. The number of nitrogens with zero attached hydrogens (tertiary/aromatic N) is 1. The topological polar surface area (TPSA) is 50.4 Å². The molecule has 0 spiro atoms. The molecule has 4 saturated carbocycles. The smallest absolute Gasteiger partial charge is 0.115 e. The second-order valence-corrected chi connectivity index (χ2v) is 8.18. The first-order valence-electron chi connectivity index (χ1n) is 8.83. The molecule has 3 N–H and O–H groups in total. The Hall–Kier alpha value is -1.22. The van der Waals surface area contributed by atoms with Crippen LogP contribution in [0.2, 0.25) is 0 Å². The predicted molar refractivity (Wildman–Crippen MR) is 97.8 cm³/mol. The minimum Gasteiger partial charge on any atom is -0.386 e. The summed E-state index contributed by atoms with van der Waals surface area (Å²) in [5.41, 5.74) is 9.68. The van der Waals surface area contributed by atoms with Gasteiger partial charge >= 0.3 is 0 Å². The molecule has 4 heteroatoms. The molecule has 3 nitrogen and oxygen atoms in total. The lowest BCUT2D eigenvalue weighted by Gasteiger charge is -2.57. The average molecular weight is 332 g/mol. The van der Waals surface area contributed by atoms with Crippen LogP contribution in [0.3, 0.4) is 0 Å². The van der Waals surface area contributed by atoms with Gasteiger partial charge in [-0.25, -0.2) is 4.99 Å². The van der Waals surface area contributed by atoms with Crippen LogP contribution in [0.25, 0.3) is 0 Å². The molecule has 23 heavy (non-hydrogen) atoms. The zero-order valence-corrected chi connectivity index (χ0v) is 14.6. The van der Waals surface area contributed by atoms with E-state index in [2.05, 4.69) is 28.5 Å². The Kier molecular flexibility index (Phi) is 3.79. The lowest BCUT2D eigenvalue weighted by Crippen LogP contribution is -2.48. The molecule has 4 fully saturated rings. The van der Waals surface area contributed by atoms with E-state index in [0.717, 1.165) is 29.1 Å². The van der Waals surface area contributed by atoms with Gasteiger partial charge in [-0.05, 0) is 79.4 Å². The fraction of sp³-hybridized carbons (Fsp3) is 0.632. The third-order valence-electron chi connectivity index (χ3n) is 6.32.